The molecule has 8 heteroatoms. The van der Waals surface area contributed by atoms with Gasteiger partial charge in [0.05, 0.1) is 6.61 Å². The zero-order chi connectivity index (χ0) is 22.1. The Bertz CT molecular complexity index is 864. The maximum Gasteiger partial charge on any atom is 0.191 e. The van der Waals surface area contributed by atoms with E-state index in [1.807, 2.05) is 0 Å². The van der Waals surface area contributed by atoms with Crippen molar-refractivity contribution in [3.05, 3.63) is 41.0 Å². The highest BCUT2D eigenvalue weighted by molar-refractivity contribution is 14.0. The van der Waals surface area contributed by atoms with Gasteiger partial charge in [-0.25, -0.2) is 0 Å². The van der Waals surface area contributed by atoms with E-state index in [2.05, 4.69) is 69.4 Å². The van der Waals surface area contributed by atoms with Gasteiger partial charge in [-0.05, 0) is 43.7 Å². The molecule has 7 nitrogen and oxygen atoms in total. The normalized spacial score (nSPS) is 13.8. The predicted octanol–water partition coefficient (Wildman–Crippen LogP) is 4.26. The van der Waals surface area contributed by atoms with E-state index >= 15 is 0 Å². The van der Waals surface area contributed by atoms with Crippen molar-refractivity contribution in [1.29, 1.82) is 0 Å². The van der Waals surface area contributed by atoms with Crippen LogP contribution in [-0.2, 0) is 25.9 Å². The number of aryl methyl sites for hydroxylation is 2. The number of rotatable bonds is 9. The van der Waals surface area contributed by atoms with Crippen molar-refractivity contribution < 1.29 is 4.74 Å². The number of nitrogens with zero attached hydrogens (tertiary/aromatic N) is 4. The Morgan fingerprint density at radius 2 is 2.03 bits per heavy atom. The summed E-state index contributed by atoms with van der Waals surface area (Å²) in [6, 6.07) is 6.37. The van der Waals surface area contributed by atoms with Gasteiger partial charge in [-0.1, -0.05) is 32.4 Å². The molecular weight excluding hydrogens is 515 g/mol. The standard InChI is InChI=1S/C24H38N6O.HI/c1-18(2)12-15-31-21-16-19(3)9-10-20(21)17-27-24(25-4)26-13-11-23-29-28-22-8-6-5-7-14-30(22)23;/h9-10,16,18H,5-8,11-15,17H2,1-4H3,(H2,25,26,27);1H. The summed E-state index contributed by atoms with van der Waals surface area (Å²) >= 11 is 0. The molecule has 1 aliphatic heterocycles. The van der Waals surface area contributed by atoms with Crippen molar-refractivity contribution in [2.45, 2.75) is 72.4 Å². The molecule has 0 aliphatic carbocycles. The molecule has 0 unspecified atom stereocenters. The highest BCUT2D eigenvalue weighted by Crippen LogP contribution is 2.21. The first-order valence-electron chi connectivity index (χ1n) is 11.6. The number of benzene rings is 1. The van der Waals surface area contributed by atoms with Gasteiger partial charge >= 0.3 is 0 Å². The molecule has 0 bridgehead atoms. The summed E-state index contributed by atoms with van der Waals surface area (Å²) in [4.78, 5) is 4.37. The molecule has 0 saturated heterocycles. The summed E-state index contributed by atoms with van der Waals surface area (Å²) in [6.45, 7) is 9.74. The van der Waals surface area contributed by atoms with Crippen LogP contribution in [0.4, 0.5) is 0 Å². The van der Waals surface area contributed by atoms with Gasteiger partial charge in [0, 0.05) is 45.1 Å². The quantitative estimate of drug-likeness (QED) is 0.275. The van der Waals surface area contributed by atoms with E-state index in [0.717, 1.165) is 67.9 Å². The first-order valence-corrected chi connectivity index (χ1v) is 11.6. The summed E-state index contributed by atoms with van der Waals surface area (Å²) < 4.78 is 8.37. The van der Waals surface area contributed by atoms with Crippen LogP contribution >= 0.6 is 24.0 Å². The van der Waals surface area contributed by atoms with Crippen molar-refractivity contribution in [2.24, 2.45) is 10.9 Å². The number of nitrogens with one attached hydrogen (secondary N) is 2. The Kier molecular flexibility index (Phi) is 11.3. The smallest absolute Gasteiger partial charge is 0.191 e. The van der Waals surface area contributed by atoms with E-state index in [1.165, 1.54) is 24.8 Å². The number of aromatic nitrogens is 3. The lowest BCUT2D eigenvalue weighted by Crippen LogP contribution is -2.38. The van der Waals surface area contributed by atoms with Crippen LogP contribution in [0.5, 0.6) is 5.75 Å². The number of hydrogen-bond acceptors (Lipinski definition) is 4. The van der Waals surface area contributed by atoms with Crippen LogP contribution in [0, 0.1) is 12.8 Å². The Morgan fingerprint density at radius 3 is 2.81 bits per heavy atom. The van der Waals surface area contributed by atoms with E-state index < -0.39 is 0 Å². The van der Waals surface area contributed by atoms with Crippen LogP contribution in [-0.4, -0.2) is 40.9 Å². The highest BCUT2D eigenvalue weighted by atomic mass is 127. The maximum absolute atomic E-state index is 6.07. The SMILES string of the molecule is CN=C(NCCc1nnc2n1CCCCC2)NCc1ccc(C)cc1OCCC(C)C.I. The summed E-state index contributed by atoms with van der Waals surface area (Å²) in [5.74, 6) is 4.58. The molecule has 0 amide bonds. The molecular formula is C24H39IN6O. The second-order valence-electron chi connectivity index (χ2n) is 8.74. The van der Waals surface area contributed by atoms with Crippen molar-refractivity contribution in [2.75, 3.05) is 20.2 Å². The van der Waals surface area contributed by atoms with Gasteiger partial charge in [0.1, 0.15) is 17.4 Å². The topological polar surface area (TPSA) is 76.4 Å². The van der Waals surface area contributed by atoms with Crippen molar-refractivity contribution in [3.8, 4) is 5.75 Å². The molecule has 2 heterocycles. The number of aliphatic imine (C=N–C) groups is 1. The van der Waals surface area contributed by atoms with Gasteiger partial charge in [-0.3, -0.25) is 4.99 Å². The Hall–Kier alpha value is -1.84. The lowest BCUT2D eigenvalue weighted by Gasteiger charge is -2.16. The molecule has 2 N–H and O–H groups in total. The third-order valence-corrected chi connectivity index (χ3v) is 5.67. The summed E-state index contributed by atoms with van der Waals surface area (Å²) in [6.07, 6.45) is 6.64. The predicted molar refractivity (Wildman–Crippen MR) is 141 cm³/mol. The second kappa shape index (κ2) is 13.6. The lowest BCUT2D eigenvalue weighted by atomic mass is 10.1. The van der Waals surface area contributed by atoms with Crippen molar-refractivity contribution >= 4 is 29.9 Å². The molecule has 32 heavy (non-hydrogen) atoms. The van der Waals surface area contributed by atoms with Crippen LogP contribution in [0.15, 0.2) is 23.2 Å². The molecule has 0 spiro atoms. The van der Waals surface area contributed by atoms with Gasteiger partial charge < -0.3 is 19.9 Å². The van der Waals surface area contributed by atoms with E-state index in [9.17, 15) is 0 Å². The maximum atomic E-state index is 6.07. The van der Waals surface area contributed by atoms with E-state index in [4.69, 9.17) is 4.74 Å². The zero-order valence-corrected chi connectivity index (χ0v) is 22.3. The summed E-state index contributed by atoms with van der Waals surface area (Å²) in [5, 5.41) is 15.6. The average molecular weight is 555 g/mol. The minimum atomic E-state index is 0. The fourth-order valence-electron chi connectivity index (χ4n) is 3.77. The fourth-order valence-corrected chi connectivity index (χ4v) is 3.77. The molecule has 1 aromatic heterocycles. The highest BCUT2D eigenvalue weighted by Gasteiger charge is 2.14. The first kappa shape index (κ1) is 26.4. The van der Waals surface area contributed by atoms with Gasteiger partial charge in [0.25, 0.3) is 0 Å². The van der Waals surface area contributed by atoms with Crippen LogP contribution in [0.1, 0.15) is 62.3 Å². The van der Waals surface area contributed by atoms with Gasteiger partial charge in [-0.2, -0.15) is 0 Å². The van der Waals surface area contributed by atoms with Crippen LogP contribution in [0.3, 0.4) is 0 Å². The molecule has 0 atom stereocenters. The Labute approximate surface area is 209 Å². The van der Waals surface area contributed by atoms with E-state index in [0.29, 0.717) is 12.5 Å². The van der Waals surface area contributed by atoms with Gasteiger partial charge in [-0.15, -0.1) is 34.2 Å². The molecule has 0 fully saturated rings. The van der Waals surface area contributed by atoms with Crippen molar-refractivity contribution in [1.82, 2.24) is 25.4 Å². The van der Waals surface area contributed by atoms with E-state index in [1.54, 1.807) is 7.05 Å². The molecule has 1 aliphatic rings. The zero-order valence-electron chi connectivity index (χ0n) is 20.0. The van der Waals surface area contributed by atoms with Gasteiger partial charge in [0.2, 0.25) is 0 Å². The molecule has 178 valence electrons. The average Bonchev–Trinajstić information content (AvgIpc) is 2.97. The third-order valence-electron chi connectivity index (χ3n) is 5.67. The fraction of sp³-hybridized carbons (Fsp3) is 0.625. The summed E-state index contributed by atoms with van der Waals surface area (Å²) in [7, 11) is 1.80. The lowest BCUT2D eigenvalue weighted by molar-refractivity contribution is 0.286. The van der Waals surface area contributed by atoms with Crippen LogP contribution in [0.2, 0.25) is 0 Å². The molecule has 2 aromatic rings. The third kappa shape index (κ3) is 7.94. The molecule has 3 rings (SSSR count). The Morgan fingerprint density at radius 1 is 1.19 bits per heavy atom. The van der Waals surface area contributed by atoms with Gasteiger partial charge in [0.15, 0.2) is 5.96 Å². The van der Waals surface area contributed by atoms with Crippen LogP contribution in [0.25, 0.3) is 0 Å². The first-order chi connectivity index (χ1) is 15.1. The number of ether oxygens (including phenoxy) is 1. The second-order valence-corrected chi connectivity index (χ2v) is 8.74. The number of fused-ring (bicyclic) bond motifs is 1. The molecule has 0 radical (unpaired) electrons. The number of halogens is 1. The minimum Gasteiger partial charge on any atom is -0.493 e. The Balaban J connectivity index is 0.00000363. The molecule has 0 saturated carbocycles. The molecule has 1 aromatic carbocycles. The van der Waals surface area contributed by atoms with E-state index in [-0.39, 0.29) is 24.0 Å². The van der Waals surface area contributed by atoms with Crippen LogP contribution < -0.4 is 15.4 Å². The van der Waals surface area contributed by atoms with Crippen molar-refractivity contribution in [3.63, 3.8) is 0 Å². The number of guanidine groups is 1. The monoisotopic (exact) mass is 554 g/mol. The minimum absolute atomic E-state index is 0. The largest absolute Gasteiger partial charge is 0.493 e. The summed E-state index contributed by atoms with van der Waals surface area (Å²) in [5.41, 5.74) is 2.35. The number of hydrogen-bond donors (Lipinski definition) is 2.